The fraction of sp³-hybridized carbons (Fsp3) is 0.385. The third-order valence-electron chi connectivity index (χ3n) is 2.99. The predicted molar refractivity (Wildman–Crippen MR) is 68.7 cm³/mol. The second-order valence-corrected chi connectivity index (χ2v) is 4.98. The minimum atomic E-state index is -1.02. The first-order valence-electron chi connectivity index (χ1n) is 5.83. The van der Waals surface area contributed by atoms with Crippen molar-refractivity contribution in [2.45, 2.75) is 32.2 Å². The predicted octanol–water partition coefficient (Wildman–Crippen LogP) is 1.85. The lowest BCUT2D eigenvalue weighted by molar-refractivity contribution is -0.141. The first kappa shape index (κ1) is 12.4. The van der Waals surface area contributed by atoms with Gasteiger partial charge in [0.1, 0.15) is 5.54 Å². The molecule has 0 spiro atoms. The maximum Gasteiger partial charge on any atom is 0.328 e. The standard InChI is InChI=1S/C13H16N2O3/c1-13(2,12(17)18)15-9-4-5-10-8(7-9)3-6-11(16)14-10/h4-5,7,15H,3,6H2,1-2H3,(H,14,16)(H,17,18). The number of benzene rings is 1. The summed E-state index contributed by atoms with van der Waals surface area (Å²) in [6, 6.07) is 5.46. The highest BCUT2D eigenvalue weighted by atomic mass is 16.4. The lowest BCUT2D eigenvalue weighted by atomic mass is 10.0. The molecule has 18 heavy (non-hydrogen) atoms. The lowest BCUT2D eigenvalue weighted by Gasteiger charge is -2.24. The lowest BCUT2D eigenvalue weighted by Crippen LogP contribution is -2.40. The number of carbonyl (C=O) groups excluding carboxylic acids is 1. The molecule has 5 nitrogen and oxygen atoms in total. The Bertz CT molecular complexity index is 509. The Labute approximate surface area is 105 Å². The quantitative estimate of drug-likeness (QED) is 0.762. The van der Waals surface area contributed by atoms with Crippen molar-refractivity contribution in [3.05, 3.63) is 23.8 Å². The molecule has 1 heterocycles. The van der Waals surface area contributed by atoms with Gasteiger partial charge >= 0.3 is 5.97 Å². The van der Waals surface area contributed by atoms with E-state index in [2.05, 4.69) is 10.6 Å². The number of carboxylic acid groups (broad SMARTS) is 1. The molecule has 0 atom stereocenters. The summed E-state index contributed by atoms with van der Waals surface area (Å²) in [6.45, 7) is 3.22. The van der Waals surface area contributed by atoms with Crippen LogP contribution < -0.4 is 10.6 Å². The molecule has 3 N–H and O–H groups in total. The van der Waals surface area contributed by atoms with Crippen molar-refractivity contribution in [2.24, 2.45) is 0 Å². The van der Waals surface area contributed by atoms with E-state index >= 15 is 0 Å². The smallest absolute Gasteiger partial charge is 0.328 e. The number of aliphatic carboxylic acids is 1. The van der Waals surface area contributed by atoms with Crippen LogP contribution in [-0.4, -0.2) is 22.5 Å². The molecule has 2 rings (SSSR count). The summed E-state index contributed by atoms with van der Waals surface area (Å²) in [5.41, 5.74) is 1.56. The minimum absolute atomic E-state index is 0.0223. The number of nitrogens with one attached hydrogen (secondary N) is 2. The molecule has 5 heteroatoms. The van der Waals surface area contributed by atoms with Gasteiger partial charge < -0.3 is 15.7 Å². The molecule has 0 bridgehead atoms. The molecule has 1 aliphatic heterocycles. The molecule has 96 valence electrons. The number of anilines is 2. The van der Waals surface area contributed by atoms with E-state index < -0.39 is 11.5 Å². The van der Waals surface area contributed by atoms with Crippen molar-refractivity contribution in [1.29, 1.82) is 0 Å². The molecule has 0 unspecified atom stereocenters. The van der Waals surface area contributed by atoms with Gasteiger partial charge in [0.15, 0.2) is 0 Å². The molecule has 1 aliphatic rings. The SMILES string of the molecule is CC(C)(Nc1ccc2c(c1)CCC(=O)N2)C(=O)O. The molecule has 1 aromatic rings. The van der Waals surface area contributed by atoms with E-state index in [1.807, 2.05) is 6.07 Å². The second-order valence-electron chi connectivity index (χ2n) is 4.98. The van der Waals surface area contributed by atoms with Crippen molar-refractivity contribution in [2.75, 3.05) is 10.6 Å². The maximum absolute atomic E-state index is 11.2. The van der Waals surface area contributed by atoms with Crippen molar-refractivity contribution in [1.82, 2.24) is 0 Å². The summed E-state index contributed by atoms with van der Waals surface area (Å²) in [4.78, 5) is 22.3. The molecule has 0 aliphatic carbocycles. The summed E-state index contributed by atoms with van der Waals surface area (Å²) in [6.07, 6.45) is 1.16. The van der Waals surface area contributed by atoms with Crippen LogP contribution in [0.2, 0.25) is 0 Å². The van der Waals surface area contributed by atoms with E-state index in [-0.39, 0.29) is 5.91 Å². The van der Waals surface area contributed by atoms with Crippen LogP contribution in [0.15, 0.2) is 18.2 Å². The topological polar surface area (TPSA) is 78.4 Å². The summed E-state index contributed by atoms with van der Waals surface area (Å²) >= 11 is 0. The minimum Gasteiger partial charge on any atom is -0.480 e. The molecule has 1 aromatic carbocycles. The van der Waals surface area contributed by atoms with Gasteiger partial charge in [-0.15, -0.1) is 0 Å². The first-order chi connectivity index (χ1) is 8.38. The van der Waals surface area contributed by atoms with E-state index in [9.17, 15) is 9.59 Å². The van der Waals surface area contributed by atoms with E-state index in [4.69, 9.17) is 5.11 Å². The summed E-state index contributed by atoms with van der Waals surface area (Å²) in [5.74, 6) is -0.886. The normalized spacial score (nSPS) is 14.7. The van der Waals surface area contributed by atoms with Gasteiger partial charge in [-0.2, -0.15) is 0 Å². The highest BCUT2D eigenvalue weighted by molar-refractivity contribution is 5.94. The van der Waals surface area contributed by atoms with Crippen molar-refractivity contribution in [3.8, 4) is 0 Å². The zero-order valence-electron chi connectivity index (χ0n) is 10.4. The van der Waals surface area contributed by atoms with Crippen molar-refractivity contribution >= 4 is 23.3 Å². The Morgan fingerprint density at radius 1 is 1.39 bits per heavy atom. The largest absolute Gasteiger partial charge is 0.480 e. The highest BCUT2D eigenvalue weighted by Crippen LogP contribution is 2.27. The Morgan fingerprint density at radius 2 is 2.11 bits per heavy atom. The van der Waals surface area contributed by atoms with Gasteiger partial charge in [-0.3, -0.25) is 4.79 Å². The highest BCUT2D eigenvalue weighted by Gasteiger charge is 2.27. The Hall–Kier alpha value is -2.04. The molecule has 1 amide bonds. The van der Waals surface area contributed by atoms with E-state index in [0.29, 0.717) is 12.8 Å². The Balaban J connectivity index is 2.22. The number of fused-ring (bicyclic) bond motifs is 1. The Morgan fingerprint density at radius 3 is 2.78 bits per heavy atom. The fourth-order valence-corrected chi connectivity index (χ4v) is 1.88. The molecule has 0 aromatic heterocycles. The van der Waals surface area contributed by atoms with Gasteiger partial charge in [-0.1, -0.05) is 0 Å². The molecular formula is C13H16N2O3. The number of hydrogen-bond acceptors (Lipinski definition) is 3. The average Bonchev–Trinajstić information content (AvgIpc) is 2.28. The van der Waals surface area contributed by atoms with Crippen LogP contribution in [0.3, 0.4) is 0 Å². The van der Waals surface area contributed by atoms with Gasteiger partial charge in [-0.05, 0) is 44.0 Å². The first-order valence-corrected chi connectivity index (χ1v) is 5.83. The third-order valence-corrected chi connectivity index (χ3v) is 2.99. The zero-order valence-corrected chi connectivity index (χ0v) is 10.4. The maximum atomic E-state index is 11.2. The van der Waals surface area contributed by atoms with Crippen LogP contribution in [-0.2, 0) is 16.0 Å². The van der Waals surface area contributed by atoms with Gasteiger partial charge in [0, 0.05) is 17.8 Å². The summed E-state index contributed by atoms with van der Waals surface area (Å²) in [5, 5.41) is 14.8. The fourth-order valence-electron chi connectivity index (χ4n) is 1.88. The number of hydrogen-bond donors (Lipinski definition) is 3. The number of amides is 1. The number of aryl methyl sites for hydroxylation is 1. The molecular weight excluding hydrogens is 232 g/mol. The monoisotopic (exact) mass is 248 g/mol. The number of rotatable bonds is 3. The van der Waals surface area contributed by atoms with Gasteiger partial charge in [0.05, 0.1) is 0 Å². The van der Waals surface area contributed by atoms with Crippen molar-refractivity contribution < 1.29 is 14.7 Å². The van der Waals surface area contributed by atoms with Gasteiger partial charge in [0.25, 0.3) is 0 Å². The van der Waals surface area contributed by atoms with Crippen LogP contribution in [0.4, 0.5) is 11.4 Å². The van der Waals surface area contributed by atoms with Crippen molar-refractivity contribution in [3.63, 3.8) is 0 Å². The van der Waals surface area contributed by atoms with E-state index in [1.165, 1.54) is 0 Å². The summed E-state index contributed by atoms with van der Waals surface area (Å²) in [7, 11) is 0. The molecule has 0 radical (unpaired) electrons. The Kier molecular flexibility index (Phi) is 2.98. The number of carbonyl (C=O) groups is 2. The van der Waals surface area contributed by atoms with Gasteiger partial charge in [-0.25, -0.2) is 4.79 Å². The van der Waals surface area contributed by atoms with Crippen LogP contribution in [0.5, 0.6) is 0 Å². The zero-order chi connectivity index (χ0) is 13.3. The van der Waals surface area contributed by atoms with E-state index in [1.54, 1.807) is 26.0 Å². The second kappa shape index (κ2) is 4.33. The van der Waals surface area contributed by atoms with Crippen LogP contribution in [0.1, 0.15) is 25.8 Å². The third kappa shape index (κ3) is 2.45. The van der Waals surface area contributed by atoms with Crippen LogP contribution in [0.25, 0.3) is 0 Å². The molecule has 0 fully saturated rings. The average molecular weight is 248 g/mol. The number of carboxylic acids is 1. The summed E-state index contributed by atoms with van der Waals surface area (Å²) < 4.78 is 0. The molecule has 0 saturated carbocycles. The van der Waals surface area contributed by atoms with Crippen LogP contribution >= 0.6 is 0 Å². The molecule has 0 saturated heterocycles. The van der Waals surface area contributed by atoms with E-state index in [0.717, 1.165) is 16.9 Å². The van der Waals surface area contributed by atoms with Gasteiger partial charge in [0.2, 0.25) is 5.91 Å². The van der Waals surface area contributed by atoms with Crippen LogP contribution in [0, 0.1) is 0 Å².